The van der Waals surface area contributed by atoms with Gasteiger partial charge in [-0.05, 0) is 18.3 Å². The molecule has 0 bridgehead atoms. The van der Waals surface area contributed by atoms with Gasteiger partial charge in [0.1, 0.15) is 0 Å². The Balaban J connectivity index is 3.85. The summed E-state index contributed by atoms with van der Waals surface area (Å²) in [5.41, 5.74) is 0.204. The van der Waals surface area contributed by atoms with E-state index in [9.17, 15) is 5.11 Å². The summed E-state index contributed by atoms with van der Waals surface area (Å²) in [4.78, 5) is 0. The zero-order valence-corrected chi connectivity index (χ0v) is 10.6. The van der Waals surface area contributed by atoms with Crippen molar-refractivity contribution in [3.05, 3.63) is 0 Å². The summed E-state index contributed by atoms with van der Waals surface area (Å²) < 4.78 is 0. The number of rotatable bonds is 9. The molecule has 2 heteroatoms. The van der Waals surface area contributed by atoms with Crippen LogP contribution < -0.4 is 0 Å². The summed E-state index contributed by atoms with van der Waals surface area (Å²) in [6.45, 7) is 6.50. The summed E-state index contributed by atoms with van der Waals surface area (Å²) in [5, 5.41) is 18.3. The molecule has 0 saturated carbocycles. The van der Waals surface area contributed by atoms with E-state index in [4.69, 9.17) is 5.11 Å². The molecular formula is C13H28O2. The van der Waals surface area contributed by atoms with Crippen molar-refractivity contribution in [2.45, 2.75) is 71.8 Å². The van der Waals surface area contributed by atoms with Crippen molar-refractivity contribution in [3.63, 3.8) is 0 Å². The molecule has 0 aliphatic heterocycles. The Morgan fingerprint density at radius 3 is 2.27 bits per heavy atom. The first-order valence-corrected chi connectivity index (χ1v) is 6.37. The summed E-state index contributed by atoms with van der Waals surface area (Å²) >= 11 is 0. The van der Waals surface area contributed by atoms with Crippen molar-refractivity contribution in [2.75, 3.05) is 6.61 Å². The minimum atomic E-state index is -0.541. The molecule has 0 aromatic rings. The molecule has 0 fully saturated rings. The molecule has 0 radical (unpaired) electrons. The highest BCUT2D eigenvalue weighted by Crippen LogP contribution is 2.33. The fraction of sp³-hybridized carbons (Fsp3) is 1.00. The molecule has 0 amide bonds. The first kappa shape index (κ1) is 14.9. The maximum atomic E-state index is 9.48. The van der Waals surface area contributed by atoms with Crippen LogP contribution in [0.25, 0.3) is 0 Å². The topological polar surface area (TPSA) is 40.5 Å². The van der Waals surface area contributed by atoms with E-state index in [0.29, 0.717) is 0 Å². The normalized spacial score (nSPS) is 17.4. The summed E-state index contributed by atoms with van der Waals surface area (Å²) in [5.74, 6) is 0. The molecule has 2 nitrogen and oxygen atoms in total. The van der Waals surface area contributed by atoms with Crippen molar-refractivity contribution in [1.29, 1.82) is 0 Å². The average Bonchev–Trinajstić information content (AvgIpc) is 2.24. The highest BCUT2D eigenvalue weighted by Gasteiger charge is 2.24. The fourth-order valence-electron chi connectivity index (χ4n) is 2.04. The average molecular weight is 216 g/mol. The lowest BCUT2D eigenvalue weighted by Crippen LogP contribution is -2.25. The Morgan fingerprint density at radius 1 is 1.13 bits per heavy atom. The zero-order chi connectivity index (χ0) is 11.7. The van der Waals surface area contributed by atoms with Crippen molar-refractivity contribution >= 4 is 0 Å². The molecule has 92 valence electrons. The van der Waals surface area contributed by atoms with E-state index in [0.717, 1.165) is 12.8 Å². The third-order valence-electron chi connectivity index (χ3n) is 3.43. The number of aliphatic hydroxyl groups is 2. The molecule has 2 atom stereocenters. The molecule has 0 spiro atoms. The van der Waals surface area contributed by atoms with Crippen LogP contribution in [-0.2, 0) is 0 Å². The van der Waals surface area contributed by atoms with Crippen LogP contribution in [0.1, 0.15) is 65.7 Å². The Bertz CT molecular complexity index is 147. The van der Waals surface area contributed by atoms with Crippen LogP contribution in [0.5, 0.6) is 0 Å². The molecule has 0 saturated heterocycles. The van der Waals surface area contributed by atoms with Gasteiger partial charge < -0.3 is 10.2 Å². The SMILES string of the molecule is CCCCCCC(C)(CC)CC(O)CO. The van der Waals surface area contributed by atoms with Gasteiger partial charge in [0.15, 0.2) is 0 Å². The van der Waals surface area contributed by atoms with Gasteiger partial charge in [0.05, 0.1) is 12.7 Å². The maximum absolute atomic E-state index is 9.48. The highest BCUT2D eigenvalue weighted by atomic mass is 16.3. The first-order valence-electron chi connectivity index (χ1n) is 6.37. The van der Waals surface area contributed by atoms with E-state index in [1.54, 1.807) is 0 Å². The van der Waals surface area contributed by atoms with Gasteiger partial charge in [-0.25, -0.2) is 0 Å². The van der Waals surface area contributed by atoms with Gasteiger partial charge in [0, 0.05) is 0 Å². The van der Waals surface area contributed by atoms with Gasteiger partial charge >= 0.3 is 0 Å². The highest BCUT2D eigenvalue weighted by molar-refractivity contribution is 4.76. The number of aliphatic hydroxyl groups excluding tert-OH is 2. The molecule has 0 aliphatic carbocycles. The van der Waals surface area contributed by atoms with E-state index in [1.807, 2.05) is 0 Å². The zero-order valence-electron chi connectivity index (χ0n) is 10.6. The van der Waals surface area contributed by atoms with Gasteiger partial charge in [-0.15, -0.1) is 0 Å². The third kappa shape index (κ3) is 6.91. The lowest BCUT2D eigenvalue weighted by Gasteiger charge is -2.30. The molecule has 15 heavy (non-hydrogen) atoms. The van der Waals surface area contributed by atoms with Crippen molar-refractivity contribution in [3.8, 4) is 0 Å². The van der Waals surface area contributed by atoms with Gasteiger partial charge in [-0.2, -0.15) is 0 Å². The third-order valence-corrected chi connectivity index (χ3v) is 3.43. The van der Waals surface area contributed by atoms with E-state index in [-0.39, 0.29) is 12.0 Å². The summed E-state index contributed by atoms with van der Waals surface area (Å²) in [6.07, 6.45) is 7.55. The Hall–Kier alpha value is -0.0800. The minimum Gasteiger partial charge on any atom is -0.394 e. The number of hydrogen-bond donors (Lipinski definition) is 2. The van der Waals surface area contributed by atoms with Crippen LogP contribution in [-0.4, -0.2) is 22.9 Å². The molecule has 2 N–H and O–H groups in total. The maximum Gasteiger partial charge on any atom is 0.0776 e. The van der Waals surface area contributed by atoms with Gasteiger partial charge in [-0.3, -0.25) is 0 Å². The largest absolute Gasteiger partial charge is 0.394 e. The Morgan fingerprint density at radius 2 is 1.80 bits per heavy atom. The van der Waals surface area contributed by atoms with Crippen LogP contribution in [0.3, 0.4) is 0 Å². The second kappa shape index (κ2) is 8.12. The second-order valence-electron chi connectivity index (χ2n) is 5.02. The lowest BCUT2D eigenvalue weighted by molar-refractivity contribution is 0.0466. The summed E-state index contributed by atoms with van der Waals surface area (Å²) in [7, 11) is 0. The predicted octanol–water partition coefficient (Wildman–Crippen LogP) is 3.12. The van der Waals surface area contributed by atoms with Crippen molar-refractivity contribution in [1.82, 2.24) is 0 Å². The quantitative estimate of drug-likeness (QED) is 0.581. The number of hydrogen-bond acceptors (Lipinski definition) is 2. The fourth-order valence-corrected chi connectivity index (χ4v) is 2.04. The van der Waals surface area contributed by atoms with E-state index in [1.165, 1.54) is 32.1 Å². The molecule has 0 heterocycles. The van der Waals surface area contributed by atoms with Crippen LogP contribution in [0.15, 0.2) is 0 Å². The Labute approximate surface area is 94.7 Å². The van der Waals surface area contributed by atoms with E-state index < -0.39 is 6.10 Å². The first-order chi connectivity index (χ1) is 7.08. The molecule has 2 unspecified atom stereocenters. The molecule has 0 rings (SSSR count). The smallest absolute Gasteiger partial charge is 0.0776 e. The second-order valence-corrected chi connectivity index (χ2v) is 5.02. The van der Waals surface area contributed by atoms with Crippen molar-refractivity contribution < 1.29 is 10.2 Å². The Kier molecular flexibility index (Phi) is 8.07. The lowest BCUT2D eigenvalue weighted by atomic mass is 9.77. The van der Waals surface area contributed by atoms with Crippen LogP contribution in [0, 0.1) is 5.41 Å². The van der Waals surface area contributed by atoms with Gasteiger partial charge in [-0.1, -0.05) is 52.9 Å². The van der Waals surface area contributed by atoms with Crippen LogP contribution in [0.2, 0.25) is 0 Å². The standard InChI is InChI=1S/C13H28O2/c1-4-6-7-8-9-13(3,5-2)10-12(15)11-14/h12,14-15H,4-11H2,1-3H3. The molecular weight excluding hydrogens is 188 g/mol. The van der Waals surface area contributed by atoms with E-state index in [2.05, 4.69) is 20.8 Å². The van der Waals surface area contributed by atoms with Gasteiger partial charge in [0.25, 0.3) is 0 Å². The van der Waals surface area contributed by atoms with E-state index >= 15 is 0 Å². The van der Waals surface area contributed by atoms with Gasteiger partial charge in [0.2, 0.25) is 0 Å². The minimum absolute atomic E-state index is 0.107. The molecule has 0 aromatic carbocycles. The number of unbranched alkanes of at least 4 members (excludes halogenated alkanes) is 3. The van der Waals surface area contributed by atoms with Crippen LogP contribution >= 0.6 is 0 Å². The summed E-state index contributed by atoms with van der Waals surface area (Å²) in [6, 6.07) is 0. The molecule has 0 aromatic heterocycles. The van der Waals surface area contributed by atoms with Crippen LogP contribution in [0.4, 0.5) is 0 Å². The predicted molar refractivity (Wildman–Crippen MR) is 64.9 cm³/mol. The monoisotopic (exact) mass is 216 g/mol. The van der Waals surface area contributed by atoms with Crippen molar-refractivity contribution in [2.24, 2.45) is 5.41 Å². The molecule has 0 aliphatic rings.